The molecule has 3 aliphatic heterocycles. The van der Waals surface area contributed by atoms with Gasteiger partial charge in [-0.25, -0.2) is 5.01 Å². The summed E-state index contributed by atoms with van der Waals surface area (Å²) < 4.78 is 0. The van der Waals surface area contributed by atoms with Gasteiger partial charge in [-0.15, -0.1) is 0 Å². The van der Waals surface area contributed by atoms with Crippen LogP contribution in [0.25, 0.3) is 0 Å². The average molecular weight is 224 g/mol. The summed E-state index contributed by atoms with van der Waals surface area (Å²) in [5.41, 5.74) is 3.56. The third-order valence-electron chi connectivity index (χ3n) is 4.22. The van der Waals surface area contributed by atoms with Gasteiger partial charge in [-0.3, -0.25) is 15.6 Å². The summed E-state index contributed by atoms with van der Waals surface area (Å²) in [6.45, 7) is 6.05. The van der Waals surface area contributed by atoms with Gasteiger partial charge >= 0.3 is 0 Å². The van der Waals surface area contributed by atoms with E-state index in [4.69, 9.17) is 0 Å². The molecule has 0 aromatic carbocycles. The van der Waals surface area contributed by atoms with Crippen molar-refractivity contribution in [3.05, 3.63) is 0 Å². The van der Waals surface area contributed by atoms with Crippen molar-refractivity contribution in [2.24, 2.45) is 0 Å². The van der Waals surface area contributed by atoms with Crippen LogP contribution in [-0.4, -0.2) is 47.9 Å². The number of fused-ring (bicyclic) bond motifs is 1. The maximum Gasteiger partial charge on any atom is 0.0790 e. The summed E-state index contributed by atoms with van der Waals surface area (Å²) in [5, 5.41) is 6.16. The zero-order chi connectivity index (χ0) is 11.0. The minimum Gasteiger partial charge on any atom is -0.298 e. The van der Waals surface area contributed by atoms with E-state index < -0.39 is 0 Å². The molecule has 3 rings (SSSR count). The number of nitrogens with one attached hydrogen (secondary N) is 2. The van der Waals surface area contributed by atoms with Crippen molar-refractivity contribution in [3.8, 4) is 0 Å². The van der Waals surface area contributed by atoms with Crippen LogP contribution >= 0.6 is 0 Å². The summed E-state index contributed by atoms with van der Waals surface area (Å²) in [6.07, 6.45) is 7.89. The van der Waals surface area contributed by atoms with Crippen LogP contribution in [0.4, 0.5) is 0 Å². The highest BCUT2D eigenvalue weighted by Crippen LogP contribution is 2.25. The molecule has 92 valence electrons. The smallest absolute Gasteiger partial charge is 0.0790 e. The quantitative estimate of drug-likeness (QED) is 0.687. The van der Waals surface area contributed by atoms with E-state index in [0.717, 1.165) is 6.54 Å². The van der Waals surface area contributed by atoms with E-state index in [0.29, 0.717) is 18.4 Å². The van der Waals surface area contributed by atoms with Crippen molar-refractivity contribution < 1.29 is 0 Å². The summed E-state index contributed by atoms with van der Waals surface area (Å²) >= 11 is 0. The van der Waals surface area contributed by atoms with E-state index in [1.54, 1.807) is 0 Å². The molecule has 3 saturated heterocycles. The Balaban J connectivity index is 1.70. The minimum absolute atomic E-state index is 0.565. The third-order valence-corrected chi connectivity index (χ3v) is 4.22. The van der Waals surface area contributed by atoms with Gasteiger partial charge in [0.2, 0.25) is 0 Å². The van der Waals surface area contributed by atoms with Crippen molar-refractivity contribution in [2.45, 2.75) is 57.4 Å². The lowest BCUT2D eigenvalue weighted by atomic mass is 10.0. The summed E-state index contributed by atoms with van der Waals surface area (Å²) in [6, 6.07) is 0.660. The molecule has 0 aromatic rings. The van der Waals surface area contributed by atoms with E-state index in [9.17, 15) is 0 Å². The molecule has 3 atom stereocenters. The SMILES string of the molecule is CC1CC(N2CCCCC2)N2NCCC2N1. The molecule has 3 aliphatic rings. The Hall–Kier alpha value is -0.160. The molecule has 16 heavy (non-hydrogen) atoms. The summed E-state index contributed by atoms with van der Waals surface area (Å²) in [4.78, 5) is 2.69. The van der Waals surface area contributed by atoms with Gasteiger partial charge in [0.25, 0.3) is 0 Å². The lowest BCUT2D eigenvalue weighted by Gasteiger charge is -2.47. The van der Waals surface area contributed by atoms with E-state index in [-0.39, 0.29) is 0 Å². The van der Waals surface area contributed by atoms with Crippen LogP contribution in [-0.2, 0) is 0 Å². The first kappa shape index (κ1) is 11.0. The standard InChI is InChI=1S/C12H24N4/c1-10-9-12(15-7-3-2-4-8-15)16-11(14-10)5-6-13-16/h10-14H,2-9H2,1H3. The highest BCUT2D eigenvalue weighted by molar-refractivity contribution is 4.90. The minimum atomic E-state index is 0.565. The highest BCUT2D eigenvalue weighted by atomic mass is 15.6. The van der Waals surface area contributed by atoms with Crippen molar-refractivity contribution in [1.29, 1.82) is 0 Å². The van der Waals surface area contributed by atoms with Gasteiger partial charge in [0.05, 0.1) is 12.3 Å². The first-order chi connectivity index (χ1) is 7.84. The van der Waals surface area contributed by atoms with Crippen molar-refractivity contribution in [1.82, 2.24) is 20.7 Å². The Kier molecular flexibility index (Phi) is 3.16. The van der Waals surface area contributed by atoms with E-state index in [2.05, 4.69) is 27.6 Å². The van der Waals surface area contributed by atoms with E-state index >= 15 is 0 Å². The second-order valence-electron chi connectivity index (χ2n) is 5.50. The van der Waals surface area contributed by atoms with Gasteiger partial charge in [0, 0.05) is 12.6 Å². The molecule has 0 spiro atoms. The average Bonchev–Trinajstić information content (AvgIpc) is 2.77. The van der Waals surface area contributed by atoms with Crippen LogP contribution in [0, 0.1) is 0 Å². The predicted octanol–water partition coefficient (Wildman–Crippen LogP) is 0.717. The first-order valence-electron chi connectivity index (χ1n) is 6.86. The lowest BCUT2D eigenvalue weighted by molar-refractivity contribution is -0.0542. The van der Waals surface area contributed by atoms with Gasteiger partial charge < -0.3 is 0 Å². The second-order valence-corrected chi connectivity index (χ2v) is 5.50. The molecule has 0 aromatic heterocycles. The Morgan fingerprint density at radius 3 is 2.75 bits per heavy atom. The number of rotatable bonds is 1. The van der Waals surface area contributed by atoms with Gasteiger partial charge in [-0.2, -0.15) is 0 Å². The molecule has 0 saturated carbocycles. The fourth-order valence-electron chi connectivity index (χ4n) is 3.42. The maximum atomic E-state index is 3.68. The summed E-state index contributed by atoms with van der Waals surface area (Å²) in [5.74, 6) is 0. The lowest BCUT2D eigenvalue weighted by Crippen LogP contribution is -2.65. The summed E-state index contributed by atoms with van der Waals surface area (Å²) in [7, 11) is 0. The Bertz CT molecular complexity index is 239. The molecule has 2 N–H and O–H groups in total. The van der Waals surface area contributed by atoms with Crippen LogP contribution in [0.15, 0.2) is 0 Å². The van der Waals surface area contributed by atoms with Gasteiger partial charge in [-0.1, -0.05) is 6.42 Å². The highest BCUT2D eigenvalue weighted by Gasteiger charge is 2.39. The number of nitrogens with zero attached hydrogens (tertiary/aromatic N) is 2. The van der Waals surface area contributed by atoms with E-state index in [1.807, 2.05) is 0 Å². The van der Waals surface area contributed by atoms with Crippen LogP contribution in [0.2, 0.25) is 0 Å². The fraction of sp³-hybridized carbons (Fsp3) is 1.00. The molecular formula is C12H24N4. The van der Waals surface area contributed by atoms with Crippen molar-refractivity contribution >= 4 is 0 Å². The second kappa shape index (κ2) is 4.61. The van der Waals surface area contributed by atoms with Crippen LogP contribution in [0.5, 0.6) is 0 Å². The van der Waals surface area contributed by atoms with Crippen molar-refractivity contribution in [2.75, 3.05) is 19.6 Å². The molecule has 4 heteroatoms. The van der Waals surface area contributed by atoms with Crippen molar-refractivity contribution in [3.63, 3.8) is 0 Å². The molecule has 4 nitrogen and oxygen atoms in total. The topological polar surface area (TPSA) is 30.5 Å². The van der Waals surface area contributed by atoms with Gasteiger partial charge in [0.1, 0.15) is 0 Å². The molecule has 0 radical (unpaired) electrons. The molecule has 3 unspecified atom stereocenters. The molecule has 3 fully saturated rings. The molecular weight excluding hydrogens is 200 g/mol. The molecule has 3 heterocycles. The number of hydrogen-bond acceptors (Lipinski definition) is 4. The zero-order valence-electron chi connectivity index (χ0n) is 10.3. The molecule has 0 bridgehead atoms. The number of hydrazine groups is 1. The van der Waals surface area contributed by atoms with Gasteiger partial charge in [-0.05, 0) is 45.7 Å². The molecule has 0 aliphatic carbocycles. The number of piperidine rings is 1. The Morgan fingerprint density at radius 1 is 1.12 bits per heavy atom. The number of likely N-dealkylation sites (tertiary alicyclic amines) is 1. The van der Waals surface area contributed by atoms with Gasteiger partial charge in [0.15, 0.2) is 0 Å². The molecule has 0 amide bonds. The van der Waals surface area contributed by atoms with Crippen LogP contribution in [0.3, 0.4) is 0 Å². The normalized spacial score (nSPS) is 42.2. The maximum absolute atomic E-state index is 3.68. The van der Waals surface area contributed by atoms with E-state index in [1.165, 1.54) is 45.2 Å². The monoisotopic (exact) mass is 224 g/mol. The predicted molar refractivity (Wildman–Crippen MR) is 64.7 cm³/mol. The fourth-order valence-corrected chi connectivity index (χ4v) is 3.42. The Labute approximate surface area is 98.3 Å². The largest absolute Gasteiger partial charge is 0.298 e. The third kappa shape index (κ3) is 1.99. The first-order valence-corrected chi connectivity index (χ1v) is 6.86. The number of hydrogen-bond donors (Lipinski definition) is 2. The Morgan fingerprint density at radius 2 is 1.94 bits per heavy atom. The van der Waals surface area contributed by atoms with Crippen LogP contribution in [0.1, 0.15) is 39.0 Å². The van der Waals surface area contributed by atoms with Crippen LogP contribution < -0.4 is 10.7 Å². The zero-order valence-corrected chi connectivity index (χ0v) is 10.3.